The molecular formula is C10H18N2O2. The molecule has 2 aliphatic rings. The van der Waals surface area contributed by atoms with Gasteiger partial charge >= 0.3 is 0 Å². The summed E-state index contributed by atoms with van der Waals surface area (Å²) in [6.45, 7) is 6.04. The lowest BCUT2D eigenvalue weighted by Crippen LogP contribution is -2.57. The van der Waals surface area contributed by atoms with Gasteiger partial charge in [0.05, 0.1) is 25.2 Å². The predicted molar refractivity (Wildman–Crippen MR) is 53.0 cm³/mol. The zero-order valence-electron chi connectivity index (χ0n) is 8.90. The quantitative estimate of drug-likeness (QED) is 0.585. The second-order valence-corrected chi connectivity index (χ2v) is 4.37. The molecule has 14 heavy (non-hydrogen) atoms. The first-order valence-corrected chi connectivity index (χ1v) is 5.25. The Morgan fingerprint density at radius 1 is 1.43 bits per heavy atom. The number of carbonyl (C=O) groups is 1. The van der Waals surface area contributed by atoms with Crippen molar-refractivity contribution in [2.75, 3.05) is 39.9 Å². The van der Waals surface area contributed by atoms with Crippen molar-refractivity contribution in [3.8, 4) is 0 Å². The van der Waals surface area contributed by atoms with Crippen LogP contribution in [-0.2, 0) is 9.53 Å². The van der Waals surface area contributed by atoms with Crippen LogP contribution < -0.4 is 0 Å². The molecule has 4 heteroatoms. The molecular weight excluding hydrogens is 180 g/mol. The molecule has 80 valence electrons. The Morgan fingerprint density at radius 2 is 2.14 bits per heavy atom. The molecule has 2 saturated heterocycles. The highest BCUT2D eigenvalue weighted by Crippen LogP contribution is 2.18. The van der Waals surface area contributed by atoms with Crippen molar-refractivity contribution in [3.05, 3.63) is 0 Å². The first-order valence-electron chi connectivity index (χ1n) is 5.25. The third kappa shape index (κ3) is 1.77. The van der Waals surface area contributed by atoms with Crippen molar-refractivity contribution in [2.24, 2.45) is 5.92 Å². The van der Waals surface area contributed by atoms with E-state index in [1.807, 2.05) is 11.9 Å². The zero-order valence-corrected chi connectivity index (χ0v) is 8.90. The summed E-state index contributed by atoms with van der Waals surface area (Å²) in [6, 6.07) is 0.252. The average Bonchev–Trinajstić information content (AvgIpc) is 2.13. The average molecular weight is 198 g/mol. The first kappa shape index (κ1) is 9.93. The molecule has 0 radical (unpaired) electrons. The van der Waals surface area contributed by atoms with Crippen LogP contribution in [0.25, 0.3) is 0 Å². The number of likely N-dealkylation sites (tertiary alicyclic amines) is 1. The third-order valence-electron chi connectivity index (χ3n) is 3.06. The van der Waals surface area contributed by atoms with Crippen LogP contribution in [0.5, 0.6) is 0 Å². The highest BCUT2D eigenvalue weighted by atomic mass is 16.5. The Balaban J connectivity index is 1.90. The second-order valence-electron chi connectivity index (χ2n) is 4.37. The molecule has 0 N–H and O–H groups in total. The number of morpholine rings is 1. The Kier molecular flexibility index (Phi) is 2.74. The molecule has 2 aliphatic heterocycles. The van der Waals surface area contributed by atoms with E-state index in [1.165, 1.54) is 0 Å². The lowest BCUT2D eigenvalue weighted by Gasteiger charge is -2.41. The molecule has 0 aromatic carbocycles. The molecule has 0 saturated carbocycles. The topological polar surface area (TPSA) is 32.8 Å². The minimum absolute atomic E-state index is 0.237. The summed E-state index contributed by atoms with van der Waals surface area (Å²) in [4.78, 5) is 16.1. The van der Waals surface area contributed by atoms with Crippen LogP contribution in [0.2, 0.25) is 0 Å². The molecule has 2 fully saturated rings. The van der Waals surface area contributed by atoms with Gasteiger partial charge in [0.1, 0.15) is 0 Å². The number of nitrogens with zero attached hydrogens (tertiary/aromatic N) is 2. The lowest BCUT2D eigenvalue weighted by atomic mass is 9.98. The molecule has 0 aromatic heterocycles. The van der Waals surface area contributed by atoms with Crippen molar-refractivity contribution in [2.45, 2.75) is 13.0 Å². The van der Waals surface area contributed by atoms with Crippen LogP contribution in [0.4, 0.5) is 0 Å². The van der Waals surface area contributed by atoms with Crippen LogP contribution >= 0.6 is 0 Å². The highest BCUT2D eigenvalue weighted by Gasteiger charge is 2.35. The molecule has 0 aromatic rings. The minimum atomic E-state index is 0.237. The van der Waals surface area contributed by atoms with Crippen molar-refractivity contribution in [1.82, 2.24) is 9.80 Å². The smallest absolute Gasteiger partial charge is 0.228 e. The maximum Gasteiger partial charge on any atom is 0.228 e. The van der Waals surface area contributed by atoms with Gasteiger partial charge < -0.3 is 14.5 Å². The van der Waals surface area contributed by atoms with Gasteiger partial charge in [-0.15, -0.1) is 0 Å². The fraction of sp³-hybridized carbons (Fsp3) is 0.900. The SMILES string of the molecule is CC1COCCN1C(=O)C1CN(C)C1. The van der Waals surface area contributed by atoms with E-state index in [2.05, 4.69) is 11.8 Å². The number of amides is 1. The summed E-state index contributed by atoms with van der Waals surface area (Å²) < 4.78 is 5.31. The van der Waals surface area contributed by atoms with Gasteiger partial charge in [-0.1, -0.05) is 0 Å². The second kappa shape index (κ2) is 3.87. The van der Waals surface area contributed by atoms with E-state index in [4.69, 9.17) is 4.74 Å². The maximum atomic E-state index is 12.0. The monoisotopic (exact) mass is 198 g/mol. The number of hydrogen-bond donors (Lipinski definition) is 0. The van der Waals surface area contributed by atoms with Gasteiger partial charge in [-0.05, 0) is 14.0 Å². The van der Waals surface area contributed by atoms with E-state index in [9.17, 15) is 4.79 Å². The third-order valence-corrected chi connectivity index (χ3v) is 3.06. The van der Waals surface area contributed by atoms with Gasteiger partial charge in [-0.2, -0.15) is 0 Å². The standard InChI is InChI=1S/C10H18N2O2/c1-8-7-14-4-3-12(8)10(13)9-5-11(2)6-9/h8-9H,3-7H2,1-2H3. The Hall–Kier alpha value is -0.610. The molecule has 0 bridgehead atoms. The van der Waals surface area contributed by atoms with Gasteiger partial charge in [0, 0.05) is 19.6 Å². The van der Waals surface area contributed by atoms with E-state index in [-0.39, 0.29) is 12.0 Å². The zero-order chi connectivity index (χ0) is 10.1. The number of rotatable bonds is 1. The molecule has 0 aliphatic carbocycles. The van der Waals surface area contributed by atoms with E-state index in [1.54, 1.807) is 0 Å². The van der Waals surface area contributed by atoms with Gasteiger partial charge in [-0.3, -0.25) is 4.79 Å². The van der Waals surface area contributed by atoms with Crippen molar-refractivity contribution >= 4 is 5.91 Å². The van der Waals surface area contributed by atoms with E-state index in [0.29, 0.717) is 19.1 Å². The van der Waals surface area contributed by atoms with Crippen molar-refractivity contribution in [3.63, 3.8) is 0 Å². The normalized spacial score (nSPS) is 30.1. The van der Waals surface area contributed by atoms with Crippen molar-refractivity contribution < 1.29 is 9.53 Å². The van der Waals surface area contributed by atoms with Crippen LogP contribution in [0, 0.1) is 5.92 Å². The highest BCUT2D eigenvalue weighted by molar-refractivity contribution is 5.80. The number of hydrogen-bond acceptors (Lipinski definition) is 3. The summed E-state index contributed by atoms with van der Waals surface area (Å²) in [7, 11) is 2.05. The predicted octanol–water partition coefficient (Wildman–Crippen LogP) is -0.205. The molecule has 0 spiro atoms. The molecule has 1 unspecified atom stereocenters. The van der Waals surface area contributed by atoms with Gasteiger partial charge in [-0.25, -0.2) is 0 Å². The molecule has 2 rings (SSSR count). The summed E-state index contributed by atoms with van der Waals surface area (Å²) in [6.07, 6.45) is 0. The molecule has 2 heterocycles. The van der Waals surface area contributed by atoms with Gasteiger partial charge in [0.2, 0.25) is 5.91 Å². The fourth-order valence-corrected chi connectivity index (χ4v) is 2.14. The largest absolute Gasteiger partial charge is 0.377 e. The maximum absolute atomic E-state index is 12.0. The Labute approximate surface area is 84.8 Å². The summed E-state index contributed by atoms with van der Waals surface area (Å²) in [5.74, 6) is 0.555. The van der Waals surface area contributed by atoms with E-state index < -0.39 is 0 Å². The van der Waals surface area contributed by atoms with E-state index >= 15 is 0 Å². The van der Waals surface area contributed by atoms with Crippen molar-refractivity contribution in [1.29, 1.82) is 0 Å². The first-order chi connectivity index (χ1) is 6.68. The Morgan fingerprint density at radius 3 is 2.71 bits per heavy atom. The van der Waals surface area contributed by atoms with E-state index in [0.717, 1.165) is 19.6 Å². The molecule has 1 amide bonds. The molecule has 4 nitrogen and oxygen atoms in total. The van der Waals surface area contributed by atoms with Gasteiger partial charge in [0.25, 0.3) is 0 Å². The lowest BCUT2D eigenvalue weighted by molar-refractivity contribution is -0.148. The van der Waals surface area contributed by atoms with Crippen LogP contribution in [0.15, 0.2) is 0 Å². The van der Waals surface area contributed by atoms with Gasteiger partial charge in [0.15, 0.2) is 0 Å². The summed E-state index contributed by atoms with van der Waals surface area (Å²) in [5.41, 5.74) is 0. The number of ether oxygens (including phenoxy) is 1. The Bertz CT molecular complexity index is 226. The van der Waals surface area contributed by atoms with Crippen LogP contribution in [0.1, 0.15) is 6.92 Å². The fourth-order valence-electron chi connectivity index (χ4n) is 2.14. The van der Waals surface area contributed by atoms with Crippen LogP contribution in [-0.4, -0.2) is 61.6 Å². The minimum Gasteiger partial charge on any atom is -0.377 e. The summed E-state index contributed by atoms with van der Waals surface area (Å²) in [5, 5.41) is 0. The summed E-state index contributed by atoms with van der Waals surface area (Å²) >= 11 is 0. The molecule has 1 atom stereocenters. The number of carbonyl (C=O) groups excluding carboxylic acids is 1. The van der Waals surface area contributed by atoms with Crippen LogP contribution in [0.3, 0.4) is 0 Å².